The summed E-state index contributed by atoms with van der Waals surface area (Å²) in [5.74, 6) is 0.968. The minimum atomic E-state index is -0.321. The van der Waals surface area contributed by atoms with Gasteiger partial charge in [-0.15, -0.1) is 0 Å². The number of nitrogens with zero attached hydrogens (tertiary/aromatic N) is 1. The number of ether oxygens (including phenoxy) is 1. The molecule has 0 aliphatic heterocycles. The van der Waals surface area contributed by atoms with Gasteiger partial charge in [-0.3, -0.25) is 4.79 Å². The van der Waals surface area contributed by atoms with Crippen molar-refractivity contribution in [1.29, 1.82) is 0 Å². The van der Waals surface area contributed by atoms with E-state index in [9.17, 15) is 9.18 Å². The van der Waals surface area contributed by atoms with Crippen LogP contribution in [0, 0.1) is 5.82 Å². The van der Waals surface area contributed by atoms with Gasteiger partial charge in [0.15, 0.2) is 0 Å². The Morgan fingerprint density at radius 1 is 1.00 bits per heavy atom. The van der Waals surface area contributed by atoms with E-state index in [1.165, 1.54) is 12.1 Å². The number of carbonyl (C=O) groups excluding carboxylic acids is 1. The number of carbonyl (C=O) groups is 1. The molecule has 0 saturated carbocycles. The number of nitrogens with one attached hydrogen (secondary N) is 2. The summed E-state index contributed by atoms with van der Waals surface area (Å²) < 4.78 is 18.5. The van der Waals surface area contributed by atoms with E-state index in [4.69, 9.17) is 4.74 Å². The number of anilines is 3. The summed E-state index contributed by atoms with van der Waals surface area (Å²) in [6.07, 6.45) is 1.89. The lowest BCUT2D eigenvalue weighted by Gasteiger charge is -2.11. The summed E-state index contributed by atoms with van der Waals surface area (Å²) in [7, 11) is 0. The van der Waals surface area contributed by atoms with Crippen LogP contribution in [0.4, 0.5) is 21.6 Å². The van der Waals surface area contributed by atoms with Gasteiger partial charge < -0.3 is 15.4 Å². The molecule has 0 saturated heterocycles. The summed E-state index contributed by atoms with van der Waals surface area (Å²) >= 11 is 0. The molecule has 2 aromatic carbocycles. The Hall–Kier alpha value is -3.41. The van der Waals surface area contributed by atoms with Crippen molar-refractivity contribution >= 4 is 23.1 Å². The number of pyridine rings is 1. The minimum absolute atomic E-state index is 0.131. The molecule has 28 heavy (non-hydrogen) atoms. The van der Waals surface area contributed by atoms with Crippen LogP contribution in [0.1, 0.15) is 19.4 Å². The molecule has 3 aromatic rings. The normalized spacial score (nSPS) is 10.6. The molecule has 0 unspecified atom stereocenters. The number of aromatic nitrogens is 1. The van der Waals surface area contributed by atoms with Crippen molar-refractivity contribution in [2.75, 3.05) is 10.6 Å². The third-order valence-electron chi connectivity index (χ3n) is 3.82. The molecule has 1 aromatic heterocycles. The van der Waals surface area contributed by atoms with Crippen LogP contribution in [-0.4, -0.2) is 17.0 Å². The summed E-state index contributed by atoms with van der Waals surface area (Å²) in [5.41, 5.74) is 2.23. The Morgan fingerprint density at radius 2 is 1.68 bits per heavy atom. The Bertz CT molecular complexity index is 908. The molecule has 5 nitrogen and oxygen atoms in total. The number of rotatable bonds is 7. The predicted molar refractivity (Wildman–Crippen MR) is 108 cm³/mol. The van der Waals surface area contributed by atoms with E-state index in [1.54, 1.807) is 30.5 Å². The van der Waals surface area contributed by atoms with Crippen LogP contribution in [0.3, 0.4) is 0 Å². The zero-order valence-electron chi connectivity index (χ0n) is 15.8. The lowest BCUT2D eigenvalue weighted by Crippen LogP contribution is -2.14. The molecule has 6 heteroatoms. The van der Waals surface area contributed by atoms with Gasteiger partial charge in [0.25, 0.3) is 0 Å². The van der Waals surface area contributed by atoms with Crippen LogP contribution in [0.25, 0.3) is 0 Å². The van der Waals surface area contributed by atoms with Crippen LogP contribution in [0.2, 0.25) is 0 Å². The van der Waals surface area contributed by atoms with Gasteiger partial charge in [-0.25, -0.2) is 9.37 Å². The standard InChI is InChI=1S/C22H22FN3O2/c1-15(2)28-20-10-7-18(8-11-20)25-21-12-9-19(14-24-21)26-22(27)13-16-3-5-17(23)6-4-16/h3-12,14-15H,13H2,1-2H3,(H,24,25)(H,26,27). The molecule has 0 aliphatic carbocycles. The van der Waals surface area contributed by atoms with E-state index in [0.717, 1.165) is 17.0 Å². The van der Waals surface area contributed by atoms with Crippen LogP contribution in [0.5, 0.6) is 5.75 Å². The zero-order valence-corrected chi connectivity index (χ0v) is 15.8. The van der Waals surface area contributed by atoms with E-state index >= 15 is 0 Å². The van der Waals surface area contributed by atoms with Crippen molar-refractivity contribution in [2.24, 2.45) is 0 Å². The van der Waals surface area contributed by atoms with Gasteiger partial charge in [0, 0.05) is 5.69 Å². The molecule has 1 heterocycles. The van der Waals surface area contributed by atoms with Gasteiger partial charge in [0.05, 0.1) is 24.4 Å². The monoisotopic (exact) mass is 379 g/mol. The van der Waals surface area contributed by atoms with Crippen molar-refractivity contribution < 1.29 is 13.9 Å². The largest absolute Gasteiger partial charge is 0.491 e. The van der Waals surface area contributed by atoms with Crippen LogP contribution in [-0.2, 0) is 11.2 Å². The average Bonchev–Trinajstić information content (AvgIpc) is 2.66. The van der Waals surface area contributed by atoms with Crippen LogP contribution < -0.4 is 15.4 Å². The van der Waals surface area contributed by atoms with Crippen molar-refractivity contribution in [3.63, 3.8) is 0 Å². The molecule has 0 radical (unpaired) electrons. The molecule has 2 N–H and O–H groups in total. The first-order valence-electron chi connectivity index (χ1n) is 9.02. The lowest BCUT2D eigenvalue weighted by molar-refractivity contribution is -0.115. The van der Waals surface area contributed by atoms with E-state index in [2.05, 4.69) is 15.6 Å². The van der Waals surface area contributed by atoms with Gasteiger partial charge in [-0.05, 0) is 67.9 Å². The average molecular weight is 379 g/mol. The fourth-order valence-corrected chi connectivity index (χ4v) is 2.57. The molecule has 1 amide bonds. The van der Waals surface area contributed by atoms with Gasteiger partial charge in [-0.1, -0.05) is 12.1 Å². The fraction of sp³-hybridized carbons (Fsp3) is 0.182. The topological polar surface area (TPSA) is 63.2 Å². The molecule has 0 fully saturated rings. The predicted octanol–water partition coefficient (Wildman–Crippen LogP) is 4.93. The number of halogens is 1. The Morgan fingerprint density at radius 3 is 2.29 bits per heavy atom. The summed E-state index contributed by atoms with van der Waals surface area (Å²) in [4.78, 5) is 16.4. The maximum atomic E-state index is 12.9. The van der Waals surface area contributed by atoms with Gasteiger partial charge >= 0.3 is 0 Å². The highest BCUT2D eigenvalue weighted by Crippen LogP contribution is 2.20. The molecule has 0 aliphatic rings. The summed E-state index contributed by atoms with van der Waals surface area (Å²) in [6, 6.07) is 17.0. The third kappa shape index (κ3) is 5.81. The Balaban J connectivity index is 1.54. The molecule has 144 valence electrons. The van der Waals surface area contributed by atoms with Crippen LogP contribution in [0.15, 0.2) is 66.9 Å². The minimum Gasteiger partial charge on any atom is -0.491 e. The zero-order chi connectivity index (χ0) is 19.9. The Kier molecular flexibility index (Phi) is 6.22. The highest BCUT2D eigenvalue weighted by Gasteiger charge is 2.05. The van der Waals surface area contributed by atoms with Crippen molar-refractivity contribution in [1.82, 2.24) is 4.98 Å². The highest BCUT2D eigenvalue weighted by atomic mass is 19.1. The SMILES string of the molecule is CC(C)Oc1ccc(Nc2ccc(NC(=O)Cc3ccc(F)cc3)cn2)cc1. The van der Waals surface area contributed by atoms with E-state index in [-0.39, 0.29) is 24.2 Å². The Labute approximate surface area is 163 Å². The first-order chi connectivity index (χ1) is 13.5. The third-order valence-corrected chi connectivity index (χ3v) is 3.82. The van der Waals surface area contributed by atoms with Crippen LogP contribution >= 0.6 is 0 Å². The molecule has 0 atom stereocenters. The summed E-state index contributed by atoms with van der Waals surface area (Å²) in [5, 5.41) is 5.98. The van der Waals surface area contributed by atoms with Gasteiger partial charge in [-0.2, -0.15) is 0 Å². The second kappa shape index (κ2) is 8.99. The van der Waals surface area contributed by atoms with E-state index < -0.39 is 0 Å². The number of amides is 1. The summed E-state index contributed by atoms with van der Waals surface area (Å²) in [6.45, 7) is 3.96. The second-order valence-corrected chi connectivity index (χ2v) is 6.60. The lowest BCUT2D eigenvalue weighted by atomic mass is 10.1. The van der Waals surface area contributed by atoms with Gasteiger partial charge in [0.1, 0.15) is 17.4 Å². The molecular weight excluding hydrogens is 357 g/mol. The maximum absolute atomic E-state index is 12.9. The highest BCUT2D eigenvalue weighted by molar-refractivity contribution is 5.92. The van der Waals surface area contributed by atoms with E-state index in [1.807, 2.05) is 38.1 Å². The number of hydrogen-bond acceptors (Lipinski definition) is 4. The molecule has 0 spiro atoms. The maximum Gasteiger partial charge on any atom is 0.228 e. The molecule has 0 bridgehead atoms. The smallest absolute Gasteiger partial charge is 0.228 e. The van der Waals surface area contributed by atoms with Crippen molar-refractivity contribution in [2.45, 2.75) is 26.4 Å². The van der Waals surface area contributed by atoms with E-state index in [0.29, 0.717) is 11.5 Å². The first kappa shape index (κ1) is 19.4. The quantitative estimate of drug-likeness (QED) is 0.611. The molecule has 3 rings (SSSR count). The number of hydrogen-bond donors (Lipinski definition) is 2. The van der Waals surface area contributed by atoms with Crippen molar-refractivity contribution in [3.8, 4) is 5.75 Å². The fourth-order valence-electron chi connectivity index (χ4n) is 2.57. The first-order valence-corrected chi connectivity index (χ1v) is 9.02. The van der Waals surface area contributed by atoms with Gasteiger partial charge in [0.2, 0.25) is 5.91 Å². The second-order valence-electron chi connectivity index (χ2n) is 6.60. The number of benzene rings is 2. The molecular formula is C22H22FN3O2. The van der Waals surface area contributed by atoms with Crippen molar-refractivity contribution in [3.05, 3.63) is 78.2 Å².